The summed E-state index contributed by atoms with van der Waals surface area (Å²) in [6.45, 7) is 0.417. The predicted molar refractivity (Wildman–Crippen MR) is 69.2 cm³/mol. The van der Waals surface area contributed by atoms with Crippen LogP contribution in [-0.2, 0) is 4.79 Å². The number of ether oxygens (including phenoxy) is 1. The number of benzene rings is 1. The molecule has 1 aromatic rings. The third kappa shape index (κ3) is 3.47. The zero-order chi connectivity index (χ0) is 12.3. The summed E-state index contributed by atoms with van der Waals surface area (Å²) >= 11 is 4.36. The Morgan fingerprint density at radius 2 is 2.00 bits per heavy atom. The van der Waals surface area contributed by atoms with E-state index in [-0.39, 0.29) is 16.4 Å². The first-order valence-electron chi connectivity index (χ1n) is 5.05. The minimum absolute atomic E-state index is 0.223. The van der Waals surface area contributed by atoms with Crippen molar-refractivity contribution in [3.05, 3.63) is 28.7 Å². The minimum atomic E-state index is -0.321. The van der Waals surface area contributed by atoms with E-state index in [1.165, 1.54) is 0 Å². The van der Waals surface area contributed by atoms with Crippen molar-refractivity contribution in [1.29, 1.82) is 0 Å². The first-order valence-corrected chi connectivity index (χ1v) is 6.72. The molecule has 1 heterocycles. The van der Waals surface area contributed by atoms with E-state index in [0.717, 1.165) is 22.0 Å². The molecule has 1 saturated heterocycles. The van der Waals surface area contributed by atoms with E-state index in [1.807, 2.05) is 24.3 Å². The number of nitrogens with one attached hydrogen (secondary N) is 1. The molecule has 0 aromatic heterocycles. The van der Waals surface area contributed by atoms with Gasteiger partial charge in [-0.05, 0) is 24.3 Å². The van der Waals surface area contributed by atoms with Gasteiger partial charge in [0.15, 0.2) is 0 Å². The maximum Gasteiger partial charge on any atom is 0.286 e. The summed E-state index contributed by atoms with van der Waals surface area (Å²) in [5.74, 6) is 0.530. The van der Waals surface area contributed by atoms with Gasteiger partial charge < -0.3 is 4.74 Å². The van der Waals surface area contributed by atoms with E-state index in [1.54, 1.807) is 0 Å². The molecule has 2 rings (SSSR count). The Morgan fingerprint density at radius 1 is 1.29 bits per heavy atom. The van der Waals surface area contributed by atoms with Gasteiger partial charge in [-0.15, -0.1) is 0 Å². The lowest BCUT2D eigenvalue weighted by Gasteiger charge is -2.07. The largest absolute Gasteiger partial charge is 0.494 e. The third-order valence-corrected chi connectivity index (χ3v) is 3.81. The smallest absolute Gasteiger partial charge is 0.286 e. The molecule has 0 bridgehead atoms. The van der Waals surface area contributed by atoms with Crippen LogP contribution in [0, 0.1) is 0 Å². The normalized spacial score (nSPS) is 19.2. The lowest BCUT2D eigenvalue weighted by atomic mass is 10.3. The van der Waals surface area contributed by atoms with Crippen LogP contribution in [-0.4, -0.2) is 23.0 Å². The number of hydrogen-bond acceptors (Lipinski definition) is 4. The van der Waals surface area contributed by atoms with Crippen molar-refractivity contribution >= 4 is 38.8 Å². The summed E-state index contributed by atoms with van der Waals surface area (Å²) in [5.41, 5.74) is 0. The van der Waals surface area contributed by atoms with Crippen molar-refractivity contribution in [2.45, 2.75) is 11.7 Å². The average molecular weight is 316 g/mol. The van der Waals surface area contributed by atoms with E-state index >= 15 is 0 Å². The standard InChI is InChI=1S/C11H10BrNO3S/c12-7-1-3-8(4-2-7)16-6-5-9-10(14)13-11(15)17-9/h1-4,9H,5-6H2,(H,13,14,15). The van der Waals surface area contributed by atoms with Gasteiger partial charge in [-0.25, -0.2) is 0 Å². The van der Waals surface area contributed by atoms with Gasteiger partial charge in [0.25, 0.3) is 5.24 Å². The first-order chi connectivity index (χ1) is 8.15. The Morgan fingerprint density at radius 3 is 2.59 bits per heavy atom. The molecule has 6 heteroatoms. The van der Waals surface area contributed by atoms with Crippen molar-refractivity contribution < 1.29 is 14.3 Å². The van der Waals surface area contributed by atoms with Crippen molar-refractivity contribution in [2.75, 3.05) is 6.61 Å². The Labute approximate surface area is 111 Å². The molecule has 1 aliphatic heterocycles. The van der Waals surface area contributed by atoms with Gasteiger partial charge in [0.05, 0.1) is 11.9 Å². The SMILES string of the molecule is O=C1NC(=O)C(CCOc2ccc(Br)cc2)S1. The lowest BCUT2D eigenvalue weighted by molar-refractivity contribution is -0.119. The van der Waals surface area contributed by atoms with Crippen LogP contribution in [0.5, 0.6) is 5.75 Å². The number of carbonyl (C=O) groups is 2. The molecule has 17 heavy (non-hydrogen) atoms. The summed E-state index contributed by atoms with van der Waals surface area (Å²) in [5, 5.41) is 1.65. The molecule has 0 aliphatic carbocycles. The van der Waals surface area contributed by atoms with E-state index in [2.05, 4.69) is 21.2 Å². The Kier molecular flexibility index (Phi) is 4.06. The second kappa shape index (κ2) is 5.55. The lowest BCUT2D eigenvalue weighted by Crippen LogP contribution is -2.25. The number of rotatable bonds is 4. The molecule has 1 N–H and O–H groups in total. The molecular formula is C11H10BrNO3S. The number of amides is 2. The molecule has 1 fully saturated rings. The second-order valence-corrected chi connectivity index (χ2v) is 5.57. The summed E-state index contributed by atoms with van der Waals surface area (Å²) in [6.07, 6.45) is 0.526. The number of carbonyl (C=O) groups excluding carboxylic acids is 2. The van der Waals surface area contributed by atoms with Crippen LogP contribution in [0.2, 0.25) is 0 Å². The minimum Gasteiger partial charge on any atom is -0.494 e. The molecule has 0 spiro atoms. The number of imide groups is 1. The maximum atomic E-state index is 11.3. The fraction of sp³-hybridized carbons (Fsp3) is 0.273. The molecule has 0 saturated carbocycles. The zero-order valence-corrected chi connectivity index (χ0v) is 11.2. The molecule has 2 amide bonds. The van der Waals surface area contributed by atoms with Gasteiger partial charge in [-0.2, -0.15) is 0 Å². The molecule has 90 valence electrons. The molecule has 4 nitrogen and oxygen atoms in total. The predicted octanol–water partition coefficient (Wildman–Crippen LogP) is 2.57. The van der Waals surface area contributed by atoms with Crippen LogP contribution < -0.4 is 10.1 Å². The number of thioether (sulfide) groups is 1. The summed E-state index contributed by atoms with van der Waals surface area (Å²) in [4.78, 5) is 22.2. The highest BCUT2D eigenvalue weighted by Gasteiger charge is 2.31. The molecule has 1 aromatic carbocycles. The van der Waals surface area contributed by atoms with Gasteiger partial charge in [0, 0.05) is 10.9 Å². The molecule has 1 atom stereocenters. The van der Waals surface area contributed by atoms with E-state index in [9.17, 15) is 9.59 Å². The summed E-state index contributed by atoms with van der Waals surface area (Å²) < 4.78 is 6.47. The monoisotopic (exact) mass is 315 g/mol. The Hall–Kier alpha value is -1.01. The van der Waals surface area contributed by atoms with Crippen molar-refractivity contribution in [3.63, 3.8) is 0 Å². The van der Waals surface area contributed by atoms with Crippen LogP contribution in [0.3, 0.4) is 0 Å². The highest BCUT2D eigenvalue weighted by Crippen LogP contribution is 2.22. The summed E-state index contributed by atoms with van der Waals surface area (Å²) in [6, 6.07) is 7.46. The van der Waals surface area contributed by atoms with Crippen molar-refractivity contribution in [3.8, 4) is 5.75 Å². The van der Waals surface area contributed by atoms with Crippen LogP contribution in [0.25, 0.3) is 0 Å². The Balaban J connectivity index is 1.78. The third-order valence-electron chi connectivity index (χ3n) is 2.23. The first kappa shape index (κ1) is 12.4. The highest BCUT2D eigenvalue weighted by atomic mass is 79.9. The fourth-order valence-electron chi connectivity index (χ4n) is 1.40. The topological polar surface area (TPSA) is 55.4 Å². The number of halogens is 1. The highest BCUT2D eigenvalue weighted by molar-refractivity contribution is 9.10. The molecule has 1 unspecified atom stereocenters. The van der Waals surface area contributed by atoms with Crippen molar-refractivity contribution in [1.82, 2.24) is 5.32 Å². The van der Waals surface area contributed by atoms with Crippen LogP contribution >= 0.6 is 27.7 Å². The van der Waals surface area contributed by atoms with E-state index in [0.29, 0.717) is 13.0 Å². The molecular weight excluding hydrogens is 306 g/mol. The van der Waals surface area contributed by atoms with Gasteiger partial charge >= 0.3 is 0 Å². The average Bonchev–Trinajstić information content (AvgIpc) is 2.60. The zero-order valence-electron chi connectivity index (χ0n) is 8.81. The quantitative estimate of drug-likeness (QED) is 0.927. The van der Waals surface area contributed by atoms with Crippen LogP contribution in [0.1, 0.15) is 6.42 Å². The molecule has 1 aliphatic rings. The van der Waals surface area contributed by atoms with Gasteiger partial charge in [-0.3, -0.25) is 14.9 Å². The van der Waals surface area contributed by atoms with E-state index < -0.39 is 0 Å². The number of hydrogen-bond donors (Lipinski definition) is 1. The van der Waals surface area contributed by atoms with Crippen LogP contribution in [0.4, 0.5) is 4.79 Å². The Bertz CT molecular complexity index is 435. The van der Waals surface area contributed by atoms with Gasteiger partial charge in [-0.1, -0.05) is 27.7 Å². The van der Waals surface area contributed by atoms with Gasteiger partial charge in [0.1, 0.15) is 5.75 Å². The fourth-order valence-corrected chi connectivity index (χ4v) is 2.46. The van der Waals surface area contributed by atoms with E-state index in [4.69, 9.17) is 4.74 Å². The van der Waals surface area contributed by atoms with Crippen molar-refractivity contribution in [2.24, 2.45) is 0 Å². The maximum absolute atomic E-state index is 11.3. The van der Waals surface area contributed by atoms with Crippen LogP contribution in [0.15, 0.2) is 28.7 Å². The molecule has 0 radical (unpaired) electrons. The summed E-state index contributed by atoms with van der Waals surface area (Å²) in [7, 11) is 0. The second-order valence-electron chi connectivity index (χ2n) is 3.47. The van der Waals surface area contributed by atoms with Gasteiger partial charge in [0.2, 0.25) is 5.91 Å².